The fourth-order valence-corrected chi connectivity index (χ4v) is 5.98. The van der Waals surface area contributed by atoms with Crippen molar-refractivity contribution in [3.05, 3.63) is 65.4 Å². The van der Waals surface area contributed by atoms with E-state index in [0.29, 0.717) is 18.8 Å². The Morgan fingerprint density at radius 2 is 1.79 bits per heavy atom. The van der Waals surface area contributed by atoms with Gasteiger partial charge in [0.05, 0.1) is 17.4 Å². The van der Waals surface area contributed by atoms with Crippen LogP contribution in [0, 0.1) is 6.92 Å². The molecule has 2 aliphatic rings. The number of amides is 2. The number of nitrogens with zero attached hydrogens (tertiary/aromatic N) is 2. The maximum absolute atomic E-state index is 13.1. The molecular weight excluding hydrogens is 438 g/mol. The number of carbonyl (C=O) groups excluding carboxylic acids is 2. The molecule has 174 valence electrons. The Hall–Kier alpha value is -2.97. The lowest BCUT2D eigenvalue weighted by Gasteiger charge is -2.32. The molecule has 2 aromatic carbocycles. The first-order valence-corrected chi connectivity index (χ1v) is 12.7. The third-order valence-electron chi connectivity index (χ3n) is 6.28. The molecule has 0 aromatic heterocycles. The number of anilines is 1. The van der Waals surface area contributed by atoms with Crippen molar-refractivity contribution in [2.24, 2.45) is 0 Å². The number of carbonyl (C=O) groups is 2. The highest BCUT2D eigenvalue weighted by molar-refractivity contribution is 7.89. The monoisotopic (exact) mass is 467 g/mol. The van der Waals surface area contributed by atoms with Crippen molar-refractivity contribution in [1.29, 1.82) is 0 Å². The lowest BCUT2D eigenvalue weighted by atomic mass is 9.93. The molecule has 0 saturated carbocycles. The Kier molecular flexibility index (Phi) is 6.67. The van der Waals surface area contributed by atoms with Gasteiger partial charge in [-0.05, 0) is 54.7 Å². The average molecular weight is 468 g/mol. The molecule has 2 heterocycles. The molecule has 2 amide bonds. The Bertz CT molecular complexity index is 1200. The molecule has 2 aliphatic heterocycles. The first kappa shape index (κ1) is 23.2. The van der Waals surface area contributed by atoms with Crippen LogP contribution in [0.5, 0.6) is 0 Å². The topological polar surface area (TPSA) is 86.8 Å². The van der Waals surface area contributed by atoms with E-state index in [9.17, 15) is 18.0 Å². The lowest BCUT2D eigenvalue weighted by Crippen LogP contribution is -2.35. The molecular formula is C25H29N3O4S. The first-order valence-electron chi connectivity index (χ1n) is 11.2. The molecule has 1 N–H and O–H groups in total. The summed E-state index contributed by atoms with van der Waals surface area (Å²) in [5, 5.41) is 2.88. The summed E-state index contributed by atoms with van der Waals surface area (Å²) in [6.45, 7) is 4.34. The van der Waals surface area contributed by atoms with Gasteiger partial charge in [0.15, 0.2) is 0 Å². The zero-order chi connectivity index (χ0) is 23.6. The highest BCUT2D eigenvalue weighted by atomic mass is 32.2. The third kappa shape index (κ3) is 4.86. The van der Waals surface area contributed by atoms with E-state index in [4.69, 9.17) is 0 Å². The molecule has 1 saturated heterocycles. The van der Waals surface area contributed by atoms with E-state index in [1.54, 1.807) is 23.2 Å². The van der Waals surface area contributed by atoms with Gasteiger partial charge in [0.2, 0.25) is 21.8 Å². The van der Waals surface area contributed by atoms with Crippen LogP contribution in [0.15, 0.2) is 53.6 Å². The average Bonchev–Trinajstić information content (AvgIpc) is 2.81. The minimum absolute atomic E-state index is 0.0590. The summed E-state index contributed by atoms with van der Waals surface area (Å²) in [6.07, 6.45) is 6.39. The zero-order valence-electron chi connectivity index (χ0n) is 19.0. The van der Waals surface area contributed by atoms with Crippen LogP contribution < -0.4 is 5.32 Å². The van der Waals surface area contributed by atoms with E-state index in [2.05, 4.69) is 5.32 Å². The van der Waals surface area contributed by atoms with Crippen molar-refractivity contribution in [2.75, 3.05) is 18.4 Å². The van der Waals surface area contributed by atoms with Crippen molar-refractivity contribution < 1.29 is 18.0 Å². The van der Waals surface area contributed by atoms with Crippen molar-refractivity contribution in [3.63, 3.8) is 0 Å². The molecule has 7 nitrogen and oxygen atoms in total. The van der Waals surface area contributed by atoms with Gasteiger partial charge < -0.3 is 10.2 Å². The SMILES string of the molecule is CC(=O)N1C=Cc2ccccc2[C@@H]1CC(=O)Nc1cc(S(=O)(=O)N2CCCCC2)ccc1C. The number of hydrogen-bond donors (Lipinski definition) is 1. The summed E-state index contributed by atoms with van der Waals surface area (Å²) in [6, 6.07) is 12.1. The second kappa shape index (κ2) is 9.49. The highest BCUT2D eigenvalue weighted by Crippen LogP contribution is 2.33. The maximum Gasteiger partial charge on any atom is 0.243 e. The van der Waals surface area contributed by atoms with Gasteiger partial charge >= 0.3 is 0 Å². The van der Waals surface area contributed by atoms with Crippen LogP contribution in [0.3, 0.4) is 0 Å². The van der Waals surface area contributed by atoms with Crippen LogP contribution in [0.2, 0.25) is 0 Å². The Balaban J connectivity index is 1.55. The van der Waals surface area contributed by atoms with Crippen LogP contribution in [0.4, 0.5) is 5.69 Å². The van der Waals surface area contributed by atoms with Crippen LogP contribution >= 0.6 is 0 Å². The highest BCUT2D eigenvalue weighted by Gasteiger charge is 2.29. The van der Waals surface area contributed by atoms with E-state index in [0.717, 1.165) is 36.0 Å². The molecule has 0 radical (unpaired) electrons. The third-order valence-corrected chi connectivity index (χ3v) is 8.18. The number of hydrogen-bond acceptors (Lipinski definition) is 4. The number of aryl methyl sites for hydroxylation is 1. The molecule has 0 bridgehead atoms. The number of rotatable bonds is 5. The summed E-state index contributed by atoms with van der Waals surface area (Å²) >= 11 is 0. The predicted octanol–water partition coefficient (Wildman–Crippen LogP) is 4.07. The molecule has 8 heteroatoms. The second-order valence-corrected chi connectivity index (χ2v) is 10.5. The van der Waals surface area contributed by atoms with Crippen molar-refractivity contribution in [2.45, 2.75) is 50.5 Å². The molecule has 0 spiro atoms. The Morgan fingerprint density at radius 1 is 1.06 bits per heavy atom. The standard InChI is InChI=1S/C25H29N3O4S/c1-18-10-11-21(33(31,32)27-13-6-3-7-14-27)16-23(18)26-25(30)17-24-22-9-5-4-8-20(22)12-15-28(24)19(2)29/h4-5,8-12,15-16,24H,3,6-7,13-14,17H2,1-2H3,(H,26,30)/t24-/m0/s1. The number of sulfonamides is 1. The number of nitrogens with one attached hydrogen (secondary N) is 1. The Morgan fingerprint density at radius 3 is 2.52 bits per heavy atom. The quantitative estimate of drug-likeness (QED) is 0.718. The van der Waals surface area contributed by atoms with Crippen molar-refractivity contribution >= 4 is 33.6 Å². The van der Waals surface area contributed by atoms with Gasteiger partial charge in [-0.1, -0.05) is 36.8 Å². The van der Waals surface area contributed by atoms with Crippen LogP contribution in [-0.4, -0.2) is 42.5 Å². The molecule has 33 heavy (non-hydrogen) atoms. The van der Waals surface area contributed by atoms with E-state index in [1.807, 2.05) is 37.3 Å². The van der Waals surface area contributed by atoms with Crippen molar-refractivity contribution in [1.82, 2.24) is 9.21 Å². The van der Waals surface area contributed by atoms with Gasteiger partial charge in [-0.25, -0.2) is 8.42 Å². The molecule has 0 aliphatic carbocycles. The van der Waals surface area contributed by atoms with Crippen LogP contribution in [-0.2, 0) is 19.6 Å². The number of benzene rings is 2. The molecule has 1 atom stereocenters. The van der Waals surface area contributed by atoms with E-state index in [-0.39, 0.29) is 23.1 Å². The molecule has 1 fully saturated rings. The summed E-state index contributed by atoms with van der Waals surface area (Å²) in [4.78, 5) is 27.0. The molecule has 2 aromatic rings. The maximum atomic E-state index is 13.1. The minimum Gasteiger partial charge on any atom is -0.326 e. The summed E-state index contributed by atoms with van der Waals surface area (Å²) in [5.41, 5.74) is 3.11. The van der Waals surface area contributed by atoms with Gasteiger partial charge in [-0.15, -0.1) is 0 Å². The summed E-state index contributed by atoms with van der Waals surface area (Å²) < 4.78 is 27.7. The smallest absolute Gasteiger partial charge is 0.243 e. The van der Waals surface area contributed by atoms with Gasteiger partial charge in [0.1, 0.15) is 0 Å². The van der Waals surface area contributed by atoms with Gasteiger partial charge in [0, 0.05) is 31.9 Å². The minimum atomic E-state index is -3.60. The van der Waals surface area contributed by atoms with Crippen LogP contribution in [0.1, 0.15) is 55.3 Å². The van der Waals surface area contributed by atoms with Crippen LogP contribution in [0.25, 0.3) is 6.08 Å². The second-order valence-electron chi connectivity index (χ2n) is 8.58. The fourth-order valence-electron chi connectivity index (χ4n) is 4.44. The largest absolute Gasteiger partial charge is 0.326 e. The lowest BCUT2D eigenvalue weighted by molar-refractivity contribution is -0.129. The summed E-state index contributed by atoms with van der Waals surface area (Å²) in [7, 11) is -3.60. The Labute approximate surface area is 195 Å². The summed E-state index contributed by atoms with van der Waals surface area (Å²) in [5.74, 6) is -0.434. The van der Waals surface area contributed by atoms with Gasteiger partial charge in [-0.3, -0.25) is 9.59 Å². The number of piperidine rings is 1. The predicted molar refractivity (Wildman–Crippen MR) is 128 cm³/mol. The molecule has 0 unspecified atom stereocenters. The van der Waals surface area contributed by atoms with E-state index in [1.165, 1.54) is 17.3 Å². The van der Waals surface area contributed by atoms with E-state index < -0.39 is 16.1 Å². The van der Waals surface area contributed by atoms with Crippen molar-refractivity contribution in [3.8, 4) is 0 Å². The fraction of sp³-hybridized carbons (Fsp3) is 0.360. The number of fused-ring (bicyclic) bond motifs is 1. The first-order chi connectivity index (χ1) is 15.8. The normalized spacial score (nSPS) is 18.6. The zero-order valence-corrected chi connectivity index (χ0v) is 19.8. The van der Waals surface area contributed by atoms with Gasteiger partial charge in [-0.2, -0.15) is 4.31 Å². The molecule has 4 rings (SSSR count). The van der Waals surface area contributed by atoms with E-state index >= 15 is 0 Å². The van der Waals surface area contributed by atoms with Gasteiger partial charge in [0.25, 0.3) is 0 Å².